The predicted molar refractivity (Wildman–Crippen MR) is 156 cm³/mol. The van der Waals surface area contributed by atoms with Gasteiger partial charge in [0.1, 0.15) is 11.5 Å². The van der Waals surface area contributed by atoms with Crippen LogP contribution in [0.15, 0.2) is 34.3 Å². The molecule has 1 saturated carbocycles. The number of aromatic hydroxyl groups is 2. The number of carboxylic acids is 2. The first-order valence-electron chi connectivity index (χ1n) is 13.7. The molecule has 227 valence electrons. The van der Waals surface area contributed by atoms with Crippen LogP contribution in [-0.2, 0) is 26.4 Å². The summed E-state index contributed by atoms with van der Waals surface area (Å²) in [6.07, 6.45) is 7.90. The van der Waals surface area contributed by atoms with Crippen molar-refractivity contribution in [1.82, 2.24) is 0 Å². The van der Waals surface area contributed by atoms with Gasteiger partial charge in [-0.05, 0) is 86.8 Å². The van der Waals surface area contributed by atoms with Gasteiger partial charge < -0.3 is 30.0 Å². The largest absolute Gasteiger partial charge is 2.00 e. The first-order chi connectivity index (χ1) is 18.6. The Morgan fingerprint density at radius 3 is 1.32 bits per heavy atom. The second-order valence-electron chi connectivity index (χ2n) is 10.9. The number of aryl methyl sites for hydroxylation is 2. The van der Waals surface area contributed by atoms with Crippen molar-refractivity contribution in [2.45, 2.75) is 105 Å². The third-order valence-electron chi connectivity index (χ3n) is 6.37. The Hall–Kier alpha value is -3.17. The van der Waals surface area contributed by atoms with Gasteiger partial charge in [-0.2, -0.15) is 0 Å². The fourth-order valence-corrected chi connectivity index (χ4v) is 4.54. The molecule has 2 atom stereocenters. The Balaban J connectivity index is 0.00000158. The quantitative estimate of drug-likeness (QED) is 0.466. The molecule has 9 heteroatoms. The molecule has 1 aliphatic rings. The van der Waals surface area contributed by atoms with Crippen LogP contribution in [0.2, 0.25) is 0 Å². The maximum Gasteiger partial charge on any atom is 2.00 e. The van der Waals surface area contributed by atoms with Gasteiger partial charge in [-0.15, -0.1) is 0 Å². The molecule has 0 aliphatic heterocycles. The molecule has 0 spiro atoms. The molecule has 0 saturated heterocycles. The molecule has 0 aromatic heterocycles. The van der Waals surface area contributed by atoms with Crippen LogP contribution in [0.25, 0.3) is 0 Å². The fourth-order valence-electron chi connectivity index (χ4n) is 4.54. The van der Waals surface area contributed by atoms with E-state index in [1.807, 2.05) is 36.7 Å². The monoisotopic (exact) mass is 611 g/mol. The Morgan fingerprint density at radius 1 is 0.756 bits per heavy atom. The van der Waals surface area contributed by atoms with Gasteiger partial charge in [0.2, 0.25) is 0 Å². The molecule has 3 rings (SSSR count). The normalized spacial score (nSPS) is 16.5. The SMILES string of the molecule is CC(=O)[O-].CC(=O)[O-].Cc1cc(C=NC2CCCCC2N=Cc2cc(C)cc(C(C)C)c2O)c(O)c(C(C)C)c1.[Co+2]. The minimum Gasteiger partial charge on any atom is -0.550 e. The average Bonchev–Trinajstić information content (AvgIpc) is 2.84. The van der Waals surface area contributed by atoms with Crippen LogP contribution in [0.1, 0.15) is 112 Å². The van der Waals surface area contributed by atoms with Gasteiger partial charge in [-0.1, -0.05) is 52.7 Å². The van der Waals surface area contributed by atoms with E-state index in [4.69, 9.17) is 29.8 Å². The molecule has 0 amide bonds. The van der Waals surface area contributed by atoms with Crippen LogP contribution in [-0.4, -0.2) is 46.7 Å². The van der Waals surface area contributed by atoms with Gasteiger partial charge in [0.05, 0.1) is 12.1 Å². The number of hydrogen-bond donors (Lipinski definition) is 2. The molecule has 41 heavy (non-hydrogen) atoms. The molecular formula is C32H44CoN2O6. The minimum atomic E-state index is -1.08. The van der Waals surface area contributed by atoms with Crippen molar-refractivity contribution in [3.63, 3.8) is 0 Å². The van der Waals surface area contributed by atoms with Gasteiger partial charge in [-0.25, -0.2) is 0 Å². The summed E-state index contributed by atoms with van der Waals surface area (Å²) in [6.45, 7) is 14.4. The molecule has 1 fully saturated rings. The zero-order valence-electron chi connectivity index (χ0n) is 25.4. The number of carbonyl (C=O) groups excluding carboxylic acids is 2. The third-order valence-corrected chi connectivity index (χ3v) is 6.37. The number of nitrogens with zero attached hydrogens (tertiary/aromatic N) is 2. The maximum absolute atomic E-state index is 10.7. The number of phenolic OH excluding ortho intramolecular Hbond substituents is 2. The van der Waals surface area contributed by atoms with Crippen LogP contribution in [0, 0.1) is 13.8 Å². The summed E-state index contributed by atoms with van der Waals surface area (Å²) in [6, 6.07) is 8.24. The van der Waals surface area contributed by atoms with E-state index in [0.29, 0.717) is 11.5 Å². The standard InChI is InChI=1S/C28H38N2O2.2C2H4O2.Co/c1-17(2)23-13-19(5)11-21(27(23)31)15-29-25-9-7-8-10-26(25)30-16-22-12-20(6)14-24(18(3)4)28(22)32;2*1-2(3)4;/h11-18,25-26,31-32H,7-10H2,1-6H3;2*1H3,(H,3,4);/q;;;+2/p-2. The summed E-state index contributed by atoms with van der Waals surface area (Å²) in [5.41, 5.74) is 5.73. The van der Waals surface area contributed by atoms with E-state index in [-0.39, 0.29) is 40.7 Å². The zero-order chi connectivity index (χ0) is 30.6. The van der Waals surface area contributed by atoms with Crippen molar-refractivity contribution in [3.05, 3.63) is 57.6 Å². The molecule has 2 aromatic rings. The minimum absolute atomic E-state index is 0. The number of hydrogen-bond acceptors (Lipinski definition) is 8. The van der Waals surface area contributed by atoms with Gasteiger partial charge >= 0.3 is 16.8 Å². The van der Waals surface area contributed by atoms with Crippen molar-refractivity contribution < 1.29 is 46.8 Å². The molecule has 0 bridgehead atoms. The third kappa shape index (κ3) is 13.4. The van der Waals surface area contributed by atoms with E-state index >= 15 is 0 Å². The van der Waals surface area contributed by atoms with Crippen LogP contribution in [0.3, 0.4) is 0 Å². The summed E-state index contributed by atoms with van der Waals surface area (Å²) < 4.78 is 0. The summed E-state index contributed by atoms with van der Waals surface area (Å²) in [5.74, 6) is -0.995. The number of rotatable bonds is 6. The van der Waals surface area contributed by atoms with E-state index in [1.165, 1.54) is 0 Å². The summed E-state index contributed by atoms with van der Waals surface area (Å²) in [5, 5.41) is 39.2. The van der Waals surface area contributed by atoms with Crippen LogP contribution < -0.4 is 10.2 Å². The van der Waals surface area contributed by atoms with E-state index in [2.05, 4.69) is 41.5 Å². The Labute approximate surface area is 254 Å². The predicted octanol–water partition coefficient (Wildman–Crippen LogP) is 4.32. The fraction of sp³-hybridized carbons (Fsp3) is 0.500. The first-order valence-corrected chi connectivity index (χ1v) is 13.7. The van der Waals surface area contributed by atoms with E-state index in [0.717, 1.165) is 72.9 Å². The second-order valence-corrected chi connectivity index (χ2v) is 10.9. The van der Waals surface area contributed by atoms with Crippen molar-refractivity contribution in [2.75, 3.05) is 0 Å². The first kappa shape index (κ1) is 37.8. The number of carbonyl (C=O) groups is 2. The smallest absolute Gasteiger partial charge is 0.550 e. The Bertz CT molecular complexity index is 1110. The summed E-state index contributed by atoms with van der Waals surface area (Å²) in [7, 11) is 0. The van der Waals surface area contributed by atoms with E-state index < -0.39 is 11.9 Å². The molecule has 2 unspecified atom stereocenters. The van der Waals surface area contributed by atoms with Crippen molar-refractivity contribution in [3.8, 4) is 11.5 Å². The maximum atomic E-state index is 10.7. The summed E-state index contributed by atoms with van der Waals surface area (Å²) in [4.78, 5) is 27.5. The molecule has 1 radical (unpaired) electrons. The molecule has 8 nitrogen and oxygen atoms in total. The van der Waals surface area contributed by atoms with Gasteiger partial charge in [0, 0.05) is 35.5 Å². The van der Waals surface area contributed by atoms with Gasteiger partial charge in [0.25, 0.3) is 0 Å². The second kappa shape index (κ2) is 18.3. The number of benzene rings is 2. The molecule has 2 N–H and O–H groups in total. The molecule has 2 aromatic carbocycles. The van der Waals surface area contributed by atoms with E-state index in [1.54, 1.807) is 0 Å². The Morgan fingerprint density at radius 2 is 1.05 bits per heavy atom. The Kier molecular flexibility index (Phi) is 16.9. The number of aliphatic imine (C=N–C) groups is 2. The average molecular weight is 612 g/mol. The van der Waals surface area contributed by atoms with Gasteiger partial charge in [-0.3, -0.25) is 9.98 Å². The molecule has 1 aliphatic carbocycles. The number of phenols is 2. The van der Waals surface area contributed by atoms with Crippen molar-refractivity contribution in [2.24, 2.45) is 9.98 Å². The van der Waals surface area contributed by atoms with Gasteiger partial charge in [0.15, 0.2) is 0 Å². The number of carboxylic acid groups (broad SMARTS) is 2. The molecule has 0 heterocycles. The van der Waals surface area contributed by atoms with Crippen molar-refractivity contribution >= 4 is 24.4 Å². The zero-order valence-corrected chi connectivity index (χ0v) is 26.4. The van der Waals surface area contributed by atoms with E-state index in [9.17, 15) is 10.2 Å². The number of aliphatic carboxylic acids is 2. The van der Waals surface area contributed by atoms with Crippen LogP contribution in [0.4, 0.5) is 0 Å². The summed E-state index contributed by atoms with van der Waals surface area (Å²) >= 11 is 0. The topological polar surface area (TPSA) is 145 Å². The van der Waals surface area contributed by atoms with Crippen LogP contribution in [0.5, 0.6) is 11.5 Å². The van der Waals surface area contributed by atoms with Crippen molar-refractivity contribution in [1.29, 1.82) is 0 Å². The van der Waals surface area contributed by atoms with Crippen LogP contribution >= 0.6 is 0 Å². The molecular weight excluding hydrogens is 567 g/mol.